The molecule has 5 heteroatoms. The summed E-state index contributed by atoms with van der Waals surface area (Å²) in [6.45, 7) is 6.52. The number of nitrogens with two attached hydrogens (primary N) is 1. The zero-order valence-electron chi connectivity index (χ0n) is 9.10. The molecule has 82 valence electrons. The average molecular weight is 224 g/mol. The third-order valence-electron chi connectivity index (χ3n) is 2.39. The summed E-state index contributed by atoms with van der Waals surface area (Å²) in [7, 11) is 0. The van der Waals surface area contributed by atoms with E-state index >= 15 is 0 Å². The van der Waals surface area contributed by atoms with E-state index in [1.807, 2.05) is 11.8 Å². The standard InChI is InChI=1S/C10H16N4S/c1-10(2)7-14(3-4-15-10)9-6-12-5-8(11)13-9/h5-6H,3-4,7H2,1-2H3,(H2,11,13). The van der Waals surface area contributed by atoms with Crippen molar-refractivity contribution in [1.82, 2.24) is 9.97 Å². The maximum Gasteiger partial charge on any atom is 0.149 e. The molecule has 1 saturated heterocycles. The van der Waals surface area contributed by atoms with Crippen LogP contribution in [0, 0.1) is 0 Å². The van der Waals surface area contributed by atoms with Crippen LogP contribution in [0.15, 0.2) is 12.4 Å². The molecule has 2 N–H and O–H groups in total. The maximum absolute atomic E-state index is 5.63. The minimum absolute atomic E-state index is 0.282. The molecule has 1 aliphatic heterocycles. The number of hydrogen-bond acceptors (Lipinski definition) is 5. The maximum atomic E-state index is 5.63. The lowest BCUT2D eigenvalue weighted by molar-refractivity contribution is 0.641. The van der Waals surface area contributed by atoms with E-state index in [9.17, 15) is 0 Å². The van der Waals surface area contributed by atoms with Gasteiger partial charge in [0.1, 0.15) is 11.6 Å². The van der Waals surface area contributed by atoms with Crippen LogP contribution >= 0.6 is 11.8 Å². The molecule has 0 saturated carbocycles. The average Bonchev–Trinajstić information content (AvgIpc) is 2.16. The SMILES string of the molecule is CC1(C)CN(c2cncc(N)n2)CCS1. The van der Waals surface area contributed by atoms with E-state index < -0.39 is 0 Å². The van der Waals surface area contributed by atoms with Crippen LogP contribution in [0.1, 0.15) is 13.8 Å². The van der Waals surface area contributed by atoms with E-state index in [2.05, 4.69) is 28.7 Å². The number of rotatable bonds is 1. The predicted molar refractivity (Wildman–Crippen MR) is 65.2 cm³/mol. The minimum atomic E-state index is 0.282. The Morgan fingerprint density at radius 2 is 2.27 bits per heavy atom. The number of nitrogens with zero attached hydrogens (tertiary/aromatic N) is 3. The first-order valence-electron chi connectivity index (χ1n) is 5.03. The van der Waals surface area contributed by atoms with Crippen molar-refractivity contribution in [2.45, 2.75) is 18.6 Å². The van der Waals surface area contributed by atoms with Crippen molar-refractivity contribution in [3.05, 3.63) is 12.4 Å². The monoisotopic (exact) mass is 224 g/mol. The molecule has 0 bridgehead atoms. The Kier molecular flexibility index (Phi) is 2.73. The Hall–Kier alpha value is -0.970. The highest BCUT2D eigenvalue weighted by molar-refractivity contribution is 8.00. The van der Waals surface area contributed by atoms with Crippen molar-refractivity contribution < 1.29 is 0 Å². The molecule has 0 unspecified atom stereocenters. The van der Waals surface area contributed by atoms with Crippen LogP contribution in [0.25, 0.3) is 0 Å². The van der Waals surface area contributed by atoms with Gasteiger partial charge >= 0.3 is 0 Å². The molecule has 1 fully saturated rings. The summed E-state index contributed by atoms with van der Waals surface area (Å²) in [4.78, 5) is 10.6. The first-order valence-corrected chi connectivity index (χ1v) is 6.02. The molecule has 0 amide bonds. The number of anilines is 2. The van der Waals surface area contributed by atoms with E-state index in [-0.39, 0.29) is 4.75 Å². The van der Waals surface area contributed by atoms with E-state index in [1.165, 1.54) is 0 Å². The second-order valence-electron chi connectivity index (χ2n) is 4.33. The first-order chi connectivity index (χ1) is 7.07. The topological polar surface area (TPSA) is 55.0 Å². The van der Waals surface area contributed by atoms with Crippen LogP contribution in [0.2, 0.25) is 0 Å². The van der Waals surface area contributed by atoms with Crippen molar-refractivity contribution in [3.8, 4) is 0 Å². The van der Waals surface area contributed by atoms with Crippen LogP contribution in [0.3, 0.4) is 0 Å². The Morgan fingerprint density at radius 1 is 1.47 bits per heavy atom. The van der Waals surface area contributed by atoms with E-state index in [0.29, 0.717) is 5.82 Å². The molecular weight excluding hydrogens is 208 g/mol. The molecule has 2 heterocycles. The molecular formula is C10H16N4S. The number of thioether (sulfide) groups is 1. The highest BCUT2D eigenvalue weighted by Gasteiger charge is 2.27. The summed E-state index contributed by atoms with van der Waals surface area (Å²) in [6.07, 6.45) is 3.36. The molecule has 15 heavy (non-hydrogen) atoms. The molecule has 1 aromatic rings. The van der Waals surface area contributed by atoms with Gasteiger partial charge in [0.25, 0.3) is 0 Å². The van der Waals surface area contributed by atoms with Gasteiger partial charge in [-0.3, -0.25) is 4.98 Å². The Morgan fingerprint density at radius 3 is 2.93 bits per heavy atom. The van der Waals surface area contributed by atoms with Crippen molar-refractivity contribution in [3.63, 3.8) is 0 Å². The molecule has 4 nitrogen and oxygen atoms in total. The summed E-state index contributed by atoms with van der Waals surface area (Å²) in [5.41, 5.74) is 5.63. The Balaban J connectivity index is 2.17. The molecule has 0 radical (unpaired) electrons. The fourth-order valence-electron chi connectivity index (χ4n) is 1.73. The fraction of sp³-hybridized carbons (Fsp3) is 0.600. The summed E-state index contributed by atoms with van der Waals surface area (Å²) in [6, 6.07) is 0. The van der Waals surface area contributed by atoms with Crippen LogP contribution < -0.4 is 10.6 Å². The minimum Gasteiger partial charge on any atom is -0.382 e. The molecule has 0 spiro atoms. The van der Waals surface area contributed by atoms with Crippen molar-refractivity contribution in [2.24, 2.45) is 0 Å². The van der Waals surface area contributed by atoms with Crippen LogP contribution in [-0.2, 0) is 0 Å². The highest BCUT2D eigenvalue weighted by atomic mass is 32.2. The summed E-state index contributed by atoms with van der Waals surface area (Å²) in [5, 5.41) is 0. The predicted octanol–water partition coefficient (Wildman–Crippen LogP) is 1.39. The summed E-state index contributed by atoms with van der Waals surface area (Å²) >= 11 is 2.00. The smallest absolute Gasteiger partial charge is 0.149 e. The highest BCUT2D eigenvalue weighted by Crippen LogP contribution is 2.31. The molecule has 0 atom stereocenters. The third-order valence-corrected chi connectivity index (χ3v) is 3.69. The summed E-state index contributed by atoms with van der Waals surface area (Å²) < 4.78 is 0.282. The Labute approximate surface area is 94.3 Å². The van der Waals surface area contributed by atoms with E-state index in [4.69, 9.17) is 5.73 Å². The van der Waals surface area contributed by atoms with Crippen LogP contribution in [0.5, 0.6) is 0 Å². The zero-order valence-corrected chi connectivity index (χ0v) is 9.92. The van der Waals surface area contributed by atoms with Gasteiger partial charge in [-0.1, -0.05) is 0 Å². The van der Waals surface area contributed by atoms with Gasteiger partial charge in [0.15, 0.2) is 0 Å². The lowest BCUT2D eigenvalue weighted by Gasteiger charge is -2.38. The molecule has 2 rings (SSSR count). The van der Waals surface area contributed by atoms with Gasteiger partial charge in [-0.2, -0.15) is 11.8 Å². The normalized spacial score (nSPS) is 20.3. The molecule has 0 aliphatic carbocycles. The lowest BCUT2D eigenvalue weighted by Crippen LogP contribution is -2.43. The van der Waals surface area contributed by atoms with Gasteiger partial charge in [0, 0.05) is 23.6 Å². The molecule has 1 aromatic heterocycles. The van der Waals surface area contributed by atoms with Crippen LogP contribution in [0.4, 0.5) is 11.6 Å². The quantitative estimate of drug-likeness (QED) is 0.781. The van der Waals surface area contributed by atoms with Gasteiger partial charge in [-0.05, 0) is 13.8 Å². The number of nitrogen functional groups attached to an aromatic ring is 1. The van der Waals surface area contributed by atoms with E-state index in [0.717, 1.165) is 24.7 Å². The van der Waals surface area contributed by atoms with Gasteiger partial charge in [0.2, 0.25) is 0 Å². The zero-order chi connectivity index (χ0) is 10.9. The fourth-order valence-corrected chi connectivity index (χ4v) is 2.85. The second-order valence-corrected chi connectivity index (χ2v) is 6.13. The van der Waals surface area contributed by atoms with Gasteiger partial charge in [-0.25, -0.2) is 4.98 Å². The molecule has 0 aromatic carbocycles. The largest absolute Gasteiger partial charge is 0.382 e. The van der Waals surface area contributed by atoms with Gasteiger partial charge < -0.3 is 10.6 Å². The van der Waals surface area contributed by atoms with Gasteiger partial charge in [0.05, 0.1) is 12.4 Å². The van der Waals surface area contributed by atoms with Crippen molar-refractivity contribution >= 4 is 23.4 Å². The third kappa shape index (κ3) is 2.53. The number of hydrogen-bond donors (Lipinski definition) is 1. The van der Waals surface area contributed by atoms with Gasteiger partial charge in [-0.15, -0.1) is 0 Å². The first kappa shape index (κ1) is 10.5. The van der Waals surface area contributed by atoms with Crippen molar-refractivity contribution in [2.75, 3.05) is 29.5 Å². The summed E-state index contributed by atoms with van der Waals surface area (Å²) in [5.74, 6) is 2.51. The number of aromatic nitrogens is 2. The Bertz CT molecular complexity index is 353. The molecule has 1 aliphatic rings. The second kappa shape index (κ2) is 3.89. The lowest BCUT2D eigenvalue weighted by atomic mass is 10.2. The van der Waals surface area contributed by atoms with Crippen LogP contribution in [-0.4, -0.2) is 33.6 Å². The van der Waals surface area contributed by atoms with E-state index in [1.54, 1.807) is 12.4 Å². The van der Waals surface area contributed by atoms with Crippen molar-refractivity contribution in [1.29, 1.82) is 0 Å².